The van der Waals surface area contributed by atoms with Gasteiger partial charge < -0.3 is 14.9 Å². The quantitative estimate of drug-likeness (QED) is 0.0872. The summed E-state index contributed by atoms with van der Waals surface area (Å²) in [4.78, 5) is 23.8. The van der Waals surface area contributed by atoms with E-state index in [1.807, 2.05) is 0 Å². The van der Waals surface area contributed by atoms with Gasteiger partial charge in [0, 0.05) is 0 Å². The second-order valence-corrected chi connectivity index (χ2v) is 9.71. The molecule has 5 nitrogen and oxygen atoms in total. The van der Waals surface area contributed by atoms with Crippen LogP contribution in [0.5, 0.6) is 0 Å². The van der Waals surface area contributed by atoms with Gasteiger partial charge in [0.1, 0.15) is 0 Å². The Labute approximate surface area is 204 Å². The highest BCUT2D eigenvalue weighted by Crippen LogP contribution is 2.14. The summed E-state index contributed by atoms with van der Waals surface area (Å²) >= 11 is 0. The minimum absolute atomic E-state index is 0.303. The molecule has 196 valence electrons. The summed E-state index contributed by atoms with van der Waals surface area (Å²) in [7, 11) is 0. The van der Waals surface area contributed by atoms with E-state index in [0.29, 0.717) is 12.8 Å². The first-order valence-corrected chi connectivity index (χ1v) is 14.1. The lowest BCUT2D eigenvalue weighted by Gasteiger charge is -2.12. The van der Waals surface area contributed by atoms with Crippen molar-refractivity contribution >= 4 is 11.9 Å². The van der Waals surface area contributed by atoms with Gasteiger partial charge in [-0.1, -0.05) is 142 Å². The van der Waals surface area contributed by atoms with Crippen LogP contribution >= 0.6 is 0 Å². The number of hydrogen-bond donors (Lipinski definition) is 2. The Bertz CT molecular complexity index is 412. The monoisotopic (exact) mass is 470 g/mol. The summed E-state index contributed by atoms with van der Waals surface area (Å²) in [5, 5.41) is 19.9. The van der Waals surface area contributed by atoms with Crippen LogP contribution in [-0.2, 0) is 14.3 Å². The Morgan fingerprint density at radius 1 is 0.485 bits per heavy atom. The Morgan fingerprint density at radius 3 is 1.00 bits per heavy atom. The van der Waals surface area contributed by atoms with Crippen molar-refractivity contribution < 1.29 is 24.5 Å². The molecule has 0 aromatic carbocycles. The van der Waals surface area contributed by atoms with Crippen molar-refractivity contribution in [3.8, 4) is 0 Å². The van der Waals surface area contributed by atoms with Gasteiger partial charge in [-0.2, -0.15) is 0 Å². The van der Waals surface area contributed by atoms with Crippen LogP contribution in [0.3, 0.4) is 0 Å². The number of esters is 2. The molecule has 0 bridgehead atoms. The molecule has 0 rings (SSSR count). The smallest absolute Gasteiger partial charge is 0.342 e. The van der Waals surface area contributed by atoms with Gasteiger partial charge >= 0.3 is 11.9 Å². The highest BCUT2D eigenvalue weighted by atomic mass is 16.6. The average molecular weight is 471 g/mol. The summed E-state index contributed by atoms with van der Waals surface area (Å²) in [5.74, 6) is -1.86. The standard InChI is InChI=1S/C28H54O5/c1-3-5-7-9-11-13-15-17-19-21-23-25(29)27(31)33-28(32)26(30)24-22-20-18-16-14-12-10-8-6-4-2/h25-26,29-30H,3-24H2,1-2H3. The van der Waals surface area contributed by atoms with E-state index in [9.17, 15) is 19.8 Å². The maximum absolute atomic E-state index is 11.9. The van der Waals surface area contributed by atoms with E-state index in [1.165, 1.54) is 89.9 Å². The molecule has 0 aliphatic carbocycles. The van der Waals surface area contributed by atoms with Crippen LogP contribution in [0.25, 0.3) is 0 Å². The molecule has 2 N–H and O–H groups in total. The third-order valence-electron chi connectivity index (χ3n) is 6.41. The molecule has 0 aromatic heterocycles. The maximum Gasteiger partial charge on any atom is 0.342 e. The van der Waals surface area contributed by atoms with Crippen molar-refractivity contribution in [2.24, 2.45) is 0 Å². The summed E-state index contributed by atoms with van der Waals surface area (Å²) in [6, 6.07) is 0. The van der Waals surface area contributed by atoms with Gasteiger partial charge in [0.05, 0.1) is 0 Å². The van der Waals surface area contributed by atoms with Crippen molar-refractivity contribution in [3.63, 3.8) is 0 Å². The van der Waals surface area contributed by atoms with Gasteiger partial charge in [0.2, 0.25) is 0 Å². The molecule has 0 aliphatic rings. The highest BCUT2D eigenvalue weighted by Gasteiger charge is 2.24. The SMILES string of the molecule is CCCCCCCCCCCCC(O)C(=O)OC(=O)C(O)CCCCCCCCCCCC. The zero-order valence-electron chi connectivity index (χ0n) is 21.8. The number of aliphatic hydroxyl groups is 2. The number of ether oxygens (including phenoxy) is 1. The van der Waals surface area contributed by atoms with E-state index in [-0.39, 0.29) is 0 Å². The molecule has 5 heteroatoms. The normalized spacial score (nSPS) is 13.1. The molecule has 2 unspecified atom stereocenters. The number of carbonyl (C=O) groups excluding carboxylic acids is 2. The van der Waals surface area contributed by atoms with Gasteiger partial charge in [0.15, 0.2) is 12.2 Å². The number of rotatable bonds is 24. The fourth-order valence-electron chi connectivity index (χ4n) is 4.12. The van der Waals surface area contributed by atoms with Crippen molar-refractivity contribution in [2.75, 3.05) is 0 Å². The minimum atomic E-state index is -1.28. The molecule has 0 aromatic rings. The van der Waals surface area contributed by atoms with Gasteiger partial charge in [-0.05, 0) is 12.8 Å². The Balaban J connectivity index is 3.63. The van der Waals surface area contributed by atoms with Crippen LogP contribution in [0, 0.1) is 0 Å². The van der Waals surface area contributed by atoms with Crippen LogP contribution < -0.4 is 0 Å². The fourth-order valence-corrected chi connectivity index (χ4v) is 4.12. The highest BCUT2D eigenvalue weighted by molar-refractivity contribution is 5.89. The summed E-state index contributed by atoms with van der Waals surface area (Å²) in [5.41, 5.74) is 0. The van der Waals surface area contributed by atoms with Gasteiger partial charge in [0.25, 0.3) is 0 Å². The molecule has 0 spiro atoms. The number of carbonyl (C=O) groups is 2. The Hall–Kier alpha value is -0.940. The zero-order valence-corrected chi connectivity index (χ0v) is 21.8. The predicted molar refractivity (Wildman–Crippen MR) is 136 cm³/mol. The van der Waals surface area contributed by atoms with Crippen LogP contribution in [0.1, 0.15) is 155 Å². The molecule has 0 radical (unpaired) electrons. The molecule has 0 aliphatic heterocycles. The topological polar surface area (TPSA) is 83.8 Å². The molecule has 2 atom stereocenters. The first kappa shape index (κ1) is 32.1. The number of hydrogen-bond acceptors (Lipinski definition) is 5. The zero-order chi connectivity index (χ0) is 24.6. The van der Waals surface area contributed by atoms with Crippen LogP contribution in [-0.4, -0.2) is 34.4 Å². The van der Waals surface area contributed by atoms with Gasteiger partial charge in [-0.3, -0.25) is 0 Å². The second kappa shape index (κ2) is 24.2. The second-order valence-electron chi connectivity index (χ2n) is 9.71. The van der Waals surface area contributed by atoms with E-state index in [2.05, 4.69) is 18.6 Å². The summed E-state index contributed by atoms with van der Waals surface area (Å²) < 4.78 is 4.68. The lowest BCUT2D eigenvalue weighted by molar-refractivity contribution is -0.171. The lowest BCUT2D eigenvalue weighted by Crippen LogP contribution is -2.31. The fraction of sp³-hybridized carbons (Fsp3) is 0.929. The number of aliphatic hydroxyl groups excluding tert-OH is 2. The predicted octanol–water partition coefficient (Wildman–Crippen LogP) is 7.40. The third kappa shape index (κ3) is 21.3. The van der Waals surface area contributed by atoms with Crippen molar-refractivity contribution in [2.45, 2.75) is 167 Å². The van der Waals surface area contributed by atoms with Crippen molar-refractivity contribution in [3.05, 3.63) is 0 Å². The van der Waals surface area contributed by atoms with Crippen LogP contribution in [0.15, 0.2) is 0 Å². The largest absolute Gasteiger partial charge is 0.389 e. The molecule has 0 heterocycles. The molecular formula is C28H54O5. The summed E-state index contributed by atoms with van der Waals surface area (Å²) in [6.45, 7) is 4.45. The lowest BCUT2D eigenvalue weighted by atomic mass is 10.0. The molecule has 0 amide bonds. The molecule has 0 saturated heterocycles. The van der Waals surface area contributed by atoms with E-state index in [0.717, 1.165) is 38.5 Å². The van der Waals surface area contributed by atoms with Gasteiger partial charge in [-0.25, -0.2) is 9.59 Å². The molecule has 0 saturated carbocycles. The Morgan fingerprint density at radius 2 is 0.727 bits per heavy atom. The first-order chi connectivity index (χ1) is 16.0. The first-order valence-electron chi connectivity index (χ1n) is 14.1. The summed E-state index contributed by atoms with van der Waals surface area (Å²) in [6.07, 6.45) is 21.6. The van der Waals surface area contributed by atoms with Crippen molar-refractivity contribution in [1.82, 2.24) is 0 Å². The molecule has 0 fully saturated rings. The van der Waals surface area contributed by atoms with E-state index >= 15 is 0 Å². The minimum Gasteiger partial charge on any atom is -0.389 e. The van der Waals surface area contributed by atoms with Crippen LogP contribution in [0.2, 0.25) is 0 Å². The van der Waals surface area contributed by atoms with E-state index in [4.69, 9.17) is 0 Å². The molecular weight excluding hydrogens is 416 g/mol. The number of unbranched alkanes of at least 4 members (excludes halogenated alkanes) is 18. The van der Waals surface area contributed by atoms with Crippen molar-refractivity contribution in [1.29, 1.82) is 0 Å². The maximum atomic E-state index is 11.9. The van der Waals surface area contributed by atoms with Gasteiger partial charge in [-0.15, -0.1) is 0 Å². The Kier molecular flexibility index (Phi) is 23.5. The average Bonchev–Trinajstić information content (AvgIpc) is 2.81. The van der Waals surface area contributed by atoms with E-state index < -0.39 is 24.1 Å². The van der Waals surface area contributed by atoms with E-state index in [1.54, 1.807) is 0 Å². The molecule has 33 heavy (non-hydrogen) atoms. The van der Waals surface area contributed by atoms with Crippen LogP contribution in [0.4, 0.5) is 0 Å². The third-order valence-corrected chi connectivity index (χ3v) is 6.41.